The lowest BCUT2D eigenvalue weighted by atomic mass is 9.85. The third kappa shape index (κ3) is 4.51. The Bertz CT molecular complexity index is 521. The summed E-state index contributed by atoms with van der Waals surface area (Å²) in [4.78, 5) is 28.9. The summed E-state index contributed by atoms with van der Waals surface area (Å²) in [5.74, 6) is 0.196. The van der Waals surface area contributed by atoms with Crippen molar-refractivity contribution in [1.82, 2.24) is 15.6 Å². The van der Waals surface area contributed by atoms with Gasteiger partial charge >= 0.3 is 0 Å². The summed E-state index contributed by atoms with van der Waals surface area (Å²) in [7, 11) is 0. The van der Waals surface area contributed by atoms with Gasteiger partial charge in [0.2, 0.25) is 5.91 Å². The van der Waals surface area contributed by atoms with Crippen LogP contribution < -0.4 is 10.6 Å². The fourth-order valence-electron chi connectivity index (χ4n) is 3.25. The van der Waals surface area contributed by atoms with Crippen LogP contribution in [0.4, 0.5) is 0 Å². The first-order chi connectivity index (χ1) is 11.2. The molecule has 0 bridgehead atoms. The molecule has 2 heterocycles. The summed E-state index contributed by atoms with van der Waals surface area (Å²) in [6.45, 7) is 1.47. The number of nitrogens with one attached hydrogen (secondary N) is 2. The number of hydrogen-bond acceptors (Lipinski definition) is 5. The zero-order valence-corrected chi connectivity index (χ0v) is 13.9. The lowest BCUT2D eigenvalue weighted by molar-refractivity contribution is -0.127. The van der Waals surface area contributed by atoms with Crippen molar-refractivity contribution in [3.05, 3.63) is 16.6 Å². The SMILES string of the molecule is O=C(NC1CCC(C(=O)NC2CCOCC2)CC1)c1cncs1. The average Bonchev–Trinajstić information content (AvgIpc) is 3.11. The first-order valence-electron chi connectivity index (χ1n) is 8.30. The molecule has 23 heavy (non-hydrogen) atoms. The van der Waals surface area contributed by atoms with E-state index < -0.39 is 0 Å². The van der Waals surface area contributed by atoms with Crippen LogP contribution in [0.1, 0.15) is 48.2 Å². The van der Waals surface area contributed by atoms with Crippen LogP contribution in [-0.2, 0) is 9.53 Å². The molecule has 1 aliphatic heterocycles. The van der Waals surface area contributed by atoms with Crippen molar-refractivity contribution in [3.63, 3.8) is 0 Å². The van der Waals surface area contributed by atoms with E-state index in [1.165, 1.54) is 11.3 Å². The summed E-state index contributed by atoms with van der Waals surface area (Å²) in [5.41, 5.74) is 1.66. The third-order valence-corrected chi connectivity index (χ3v) is 5.43. The van der Waals surface area contributed by atoms with Crippen molar-refractivity contribution in [3.8, 4) is 0 Å². The largest absolute Gasteiger partial charge is 0.381 e. The number of nitrogens with zero attached hydrogens (tertiary/aromatic N) is 1. The van der Waals surface area contributed by atoms with Crippen LogP contribution >= 0.6 is 11.3 Å². The Morgan fingerprint density at radius 2 is 1.74 bits per heavy atom. The van der Waals surface area contributed by atoms with Crippen LogP contribution in [0, 0.1) is 5.92 Å². The van der Waals surface area contributed by atoms with Gasteiger partial charge < -0.3 is 15.4 Å². The smallest absolute Gasteiger partial charge is 0.263 e. The predicted octanol–water partition coefficient (Wildman–Crippen LogP) is 1.73. The van der Waals surface area contributed by atoms with Crippen molar-refractivity contribution < 1.29 is 14.3 Å². The van der Waals surface area contributed by atoms with Crippen LogP contribution in [-0.4, -0.2) is 42.1 Å². The van der Waals surface area contributed by atoms with E-state index in [1.807, 2.05) is 0 Å². The summed E-state index contributed by atoms with van der Waals surface area (Å²) >= 11 is 1.35. The molecular weight excluding hydrogens is 314 g/mol. The average molecular weight is 337 g/mol. The van der Waals surface area contributed by atoms with E-state index in [2.05, 4.69) is 15.6 Å². The Labute approximate surface area is 140 Å². The molecule has 1 aliphatic carbocycles. The monoisotopic (exact) mass is 337 g/mol. The molecule has 7 heteroatoms. The Hall–Kier alpha value is -1.47. The quantitative estimate of drug-likeness (QED) is 0.877. The number of amides is 2. The first-order valence-corrected chi connectivity index (χ1v) is 9.18. The normalized spacial score (nSPS) is 25.7. The Morgan fingerprint density at radius 3 is 2.39 bits per heavy atom. The van der Waals surface area contributed by atoms with E-state index in [4.69, 9.17) is 4.74 Å². The maximum atomic E-state index is 12.3. The lowest BCUT2D eigenvalue weighted by Crippen LogP contribution is -2.44. The van der Waals surface area contributed by atoms with Gasteiger partial charge in [-0.15, -0.1) is 11.3 Å². The molecule has 2 aliphatic rings. The van der Waals surface area contributed by atoms with E-state index in [0.717, 1.165) is 51.7 Å². The maximum absolute atomic E-state index is 12.3. The summed E-state index contributed by atoms with van der Waals surface area (Å²) in [6.07, 6.45) is 6.79. The van der Waals surface area contributed by atoms with E-state index in [-0.39, 0.29) is 29.8 Å². The highest BCUT2D eigenvalue weighted by Gasteiger charge is 2.29. The fourth-order valence-corrected chi connectivity index (χ4v) is 3.77. The number of thiazole rings is 1. The molecule has 2 fully saturated rings. The van der Waals surface area contributed by atoms with Crippen LogP contribution in [0.15, 0.2) is 11.7 Å². The number of hydrogen-bond donors (Lipinski definition) is 2. The highest BCUT2D eigenvalue weighted by atomic mass is 32.1. The summed E-state index contributed by atoms with van der Waals surface area (Å²) in [6, 6.07) is 0.428. The standard InChI is InChI=1S/C16H23N3O3S/c20-15(18-13-5-7-22-8-6-13)11-1-3-12(4-2-11)19-16(21)14-9-17-10-23-14/h9-13H,1-8H2,(H,18,20)(H,19,21). The topological polar surface area (TPSA) is 80.3 Å². The highest BCUT2D eigenvalue weighted by Crippen LogP contribution is 2.25. The van der Waals surface area contributed by atoms with Gasteiger partial charge in [0.15, 0.2) is 0 Å². The molecule has 3 rings (SSSR count). The maximum Gasteiger partial charge on any atom is 0.263 e. The second kappa shape index (κ2) is 7.88. The first kappa shape index (κ1) is 16.4. The van der Waals surface area contributed by atoms with Crippen molar-refractivity contribution in [1.29, 1.82) is 0 Å². The number of carbonyl (C=O) groups excluding carboxylic acids is 2. The second-order valence-electron chi connectivity index (χ2n) is 6.28. The van der Waals surface area contributed by atoms with E-state index in [0.29, 0.717) is 4.88 Å². The highest BCUT2D eigenvalue weighted by molar-refractivity contribution is 7.11. The number of ether oxygens (including phenoxy) is 1. The molecule has 2 N–H and O–H groups in total. The van der Waals surface area contributed by atoms with Crippen LogP contribution in [0.5, 0.6) is 0 Å². The van der Waals surface area contributed by atoms with Gasteiger partial charge in [-0.1, -0.05) is 0 Å². The Kier molecular flexibility index (Phi) is 5.61. The molecule has 1 aromatic heterocycles. The minimum atomic E-state index is -0.0531. The van der Waals surface area contributed by atoms with E-state index in [9.17, 15) is 9.59 Å². The molecule has 1 saturated carbocycles. The zero-order chi connectivity index (χ0) is 16.1. The summed E-state index contributed by atoms with van der Waals surface area (Å²) < 4.78 is 5.31. The van der Waals surface area contributed by atoms with Gasteiger partial charge in [-0.25, -0.2) is 0 Å². The van der Waals surface area contributed by atoms with Gasteiger partial charge in [0.25, 0.3) is 5.91 Å². The molecule has 6 nitrogen and oxygen atoms in total. The van der Waals surface area contributed by atoms with Crippen molar-refractivity contribution in [2.75, 3.05) is 13.2 Å². The van der Waals surface area contributed by atoms with Crippen molar-refractivity contribution >= 4 is 23.2 Å². The van der Waals surface area contributed by atoms with Gasteiger partial charge in [-0.05, 0) is 38.5 Å². The molecule has 2 amide bonds. The number of aromatic nitrogens is 1. The van der Waals surface area contributed by atoms with Crippen molar-refractivity contribution in [2.45, 2.75) is 50.6 Å². The van der Waals surface area contributed by atoms with Gasteiger partial charge in [0, 0.05) is 31.2 Å². The van der Waals surface area contributed by atoms with Gasteiger partial charge in [-0.2, -0.15) is 0 Å². The van der Waals surface area contributed by atoms with Gasteiger partial charge in [-0.3, -0.25) is 14.6 Å². The van der Waals surface area contributed by atoms with E-state index in [1.54, 1.807) is 11.7 Å². The molecular formula is C16H23N3O3S. The molecule has 126 valence electrons. The molecule has 0 atom stereocenters. The molecule has 1 saturated heterocycles. The minimum Gasteiger partial charge on any atom is -0.381 e. The molecule has 1 aromatic rings. The number of carbonyl (C=O) groups is 2. The Morgan fingerprint density at radius 1 is 1.04 bits per heavy atom. The van der Waals surface area contributed by atoms with Crippen molar-refractivity contribution in [2.24, 2.45) is 5.92 Å². The van der Waals surface area contributed by atoms with Crippen LogP contribution in [0.2, 0.25) is 0 Å². The van der Waals surface area contributed by atoms with Gasteiger partial charge in [0.05, 0.1) is 11.7 Å². The predicted molar refractivity (Wildman–Crippen MR) is 87.3 cm³/mol. The number of rotatable bonds is 4. The Balaban J connectivity index is 1.41. The molecule has 0 unspecified atom stereocenters. The molecule has 0 radical (unpaired) electrons. The van der Waals surface area contributed by atoms with E-state index >= 15 is 0 Å². The lowest BCUT2D eigenvalue weighted by Gasteiger charge is -2.30. The molecule has 0 aromatic carbocycles. The zero-order valence-electron chi connectivity index (χ0n) is 13.1. The van der Waals surface area contributed by atoms with Crippen LogP contribution in [0.25, 0.3) is 0 Å². The molecule has 0 spiro atoms. The fraction of sp³-hybridized carbons (Fsp3) is 0.688. The third-order valence-electron chi connectivity index (χ3n) is 4.66. The van der Waals surface area contributed by atoms with Gasteiger partial charge in [0.1, 0.15) is 4.88 Å². The summed E-state index contributed by atoms with van der Waals surface area (Å²) in [5, 5.41) is 6.20. The second-order valence-corrected chi connectivity index (χ2v) is 7.17. The van der Waals surface area contributed by atoms with Crippen LogP contribution in [0.3, 0.4) is 0 Å². The minimum absolute atomic E-state index is 0.0531.